The number of carbonyl (C=O) groups is 3. The summed E-state index contributed by atoms with van der Waals surface area (Å²) in [5.74, 6) is -1.43. The van der Waals surface area contributed by atoms with Crippen molar-refractivity contribution in [1.29, 1.82) is 0 Å². The van der Waals surface area contributed by atoms with Gasteiger partial charge in [-0.3, -0.25) is 14.2 Å². The Labute approximate surface area is 199 Å². The number of thiophene rings is 1. The van der Waals surface area contributed by atoms with Crippen LogP contribution in [0.1, 0.15) is 46.6 Å². The number of hydrogen-bond donors (Lipinski definition) is 1. The molecule has 0 aliphatic heterocycles. The van der Waals surface area contributed by atoms with Crippen molar-refractivity contribution in [2.45, 2.75) is 33.1 Å². The molecular formula is C23H27N3O7S. The molecule has 0 fully saturated rings. The van der Waals surface area contributed by atoms with Crippen molar-refractivity contribution in [2.24, 2.45) is 20.0 Å². The molecule has 0 radical (unpaired) electrons. The van der Waals surface area contributed by atoms with Gasteiger partial charge in [-0.05, 0) is 43.7 Å². The second kappa shape index (κ2) is 10.6. The molecule has 1 aliphatic rings. The Balaban J connectivity index is 1.67. The largest absolute Gasteiger partial charge is 0.462 e. The topological polar surface area (TPSA) is 126 Å². The minimum absolute atomic E-state index is 0.114. The van der Waals surface area contributed by atoms with E-state index in [1.54, 1.807) is 6.92 Å². The molecule has 0 bridgehead atoms. The third-order valence-corrected chi connectivity index (χ3v) is 6.63. The van der Waals surface area contributed by atoms with Crippen LogP contribution in [0.5, 0.6) is 0 Å². The number of ether oxygens (including phenoxy) is 2. The van der Waals surface area contributed by atoms with Gasteiger partial charge in [-0.2, -0.15) is 0 Å². The number of aromatic nitrogens is 2. The summed E-state index contributed by atoms with van der Waals surface area (Å²) in [5, 5.41) is 3.06. The standard InChI is InChI=1S/C23H27N3O7S/c1-5-32-22(30)19-15-8-6-13(2)10-16(15)34-20(19)24-17(27)12-33-18(28)9-7-14-11-25(3)23(31)26(4)21(14)29/h7,9,11,13H,5-6,8,10,12H2,1-4H3,(H,24,27)/b9-7+/t13-/m1/s1. The van der Waals surface area contributed by atoms with Gasteiger partial charge in [0.25, 0.3) is 11.5 Å². The monoisotopic (exact) mass is 489 g/mol. The van der Waals surface area contributed by atoms with E-state index in [-0.39, 0.29) is 12.2 Å². The summed E-state index contributed by atoms with van der Waals surface area (Å²) in [6.45, 7) is 3.50. The minimum Gasteiger partial charge on any atom is -0.462 e. The van der Waals surface area contributed by atoms with Gasteiger partial charge in [-0.25, -0.2) is 14.4 Å². The van der Waals surface area contributed by atoms with Crippen LogP contribution in [0.2, 0.25) is 0 Å². The van der Waals surface area contributed by atoms with Crippen LogP contribution in [0.25, 0.3) is 6.08 Å². The molecule has 0 aromatic carbocycles. The van der Waals surface area contributed by atoms with Gasteiger partial charge < -0.3 is 19.4 Å². The second-order valence-corrected chi connectivity index (χ2v) is 9.21. The van der Waals surface area contributed by atoms with E-state index in [1.807, 2.05) is 0 Å². The number of nitrogens with one attached hydrogen (secondary N) is 1. The van der Waals surface area contributed by atoms with E-state index >= 15 is 0 Å². The SMILES string of the molecule is CCOC(=O)c1c(NC(=O)COC(=O)/C=C/c2cn(C)c(=O)n(C)c2=O)sc2c1CC[C@@H](C)C2. The van der Waals surface area contributed by atoms with Crippen molar-refractivity contribution in [3.63, 3.8) is 0 Å². The van der Waals surface area contributed by atoms with Crippen molar-refractivity contribution in [3.05, 3.63) is 54.7 Å². The number of carbonyl (C=O) groups excluding carboxylic acids is 3. The van der Waals surface area contributed by atoms with E-state index in [0.717, 1.165) is 40.3 Å². The van der Waals surface area contributed by atoms with Crippen molar-refractivity contribution in [1.82, 2.24) is 9.13 Å². The Morgan fingerprint density at radius 1 is 1.24 bits per heavy atom. The zero-order valence-corrected chi connectivity index (χ0v) is 20.3. The highest BCUT2D eigenvalue weighted by molar-refractivity contribution is 7.17. The molecule has 2 aromatic heterocycles. The van der Waals surface area contributed by atoms with Crippen LogP contribution in [0.3, 0.4) is 0 Å². The normalized spacial score (nSPS) is 15.1. The predicted molar refractivity (Wildman–Crippen MR) is 127 cm³/mol. The number of hydrogen-bond acceptors (Lipinski definition) is 8. The molecule has 0 spiro atoms. The molecule has 182 valence electrons. The molecule has 2 aromatic rings. The maximum atomic E-state index is 12.5. The first-order valence-corrected chi connectivity index (χ1v) is 11.7. The average molecular weight is 490 g/mol. The van der Waals surface area contributed by atoms with Gasteiger partial charge in [-0.15, -0.1) is 11.3 Å². The van der Waals surface area contributed by atoms with E-state index in [1.165, 1.54) is 42.3 Å². The van der Waals surface area contributed by atoms with Gasteiger partial charge in [0, 0.05) is 31.2 Å². The van der Waals surface area contributed by atoms with E-state index in [0.29, 0.717) is 16.5 Å². The zero-order chi connectivity index (χ0) is 25.0. The Morgan fingerprint density at radius 3 is 2.68 bits per heavy atom. The summed E-state index contributed by atoms with van der Waals surface area (Å²) in [5.41, 5.74) is 0.346. The van der Waals surface area contributed by atoms with Gasteiger partial charge in [0.1, 0.15) is 5.00 Å². The van der Waals surface area contributed by atoms with Gasteiger partial charge in [-0.1, -0.05) is 6.92 Å². The lowest BCUT2D eigenvalue weighted by Gasteiger charge is -2.18. The Kier molecular flexibility index (Phi) is 7.87. The van der Waals surface area contributed by atoms with Crippen LogP contribution in [0.15, 0.2) is 21.9 Å². The molecule has 3 rings (SSSR count). The number of esters is 2. The van der Waals surface area contributed by atoms with Crippen molar-refractivity contribution < 1.29 is 23.9 Å². The molecule has 0 saturated carbocycles. The summed E-state index contributed by atoms with van der Waals surface area (Å²) >= 11 is 1.34. The summed E-state index contributed by atoms with van der Waals surface area (Å²) in [6.07, 6.45) is 6.04. The highest BCUT2D eigenvalue weighted by atomic mass is 32.1. The average Bonchev–Trinajstić information content (AvgIpc) is 3.14. The van der Waals surface area contributed by atoms with Crippen molar-refractivity contribution >= 4 is 40.3 Å². The molecule has 11 heteroatoms. The fraction of sp³-hybridized carbons (Fsp3) is 0.435. The molecule has 1 aliphatic carbocycles. The maximum absolute atomic E-state index is 12.5. The van der Waals surface area contributed by atoms with E-state index < -0.39 is 35.7 Å². The third-order valence-electron chi connectivity index (χ3n) is 5.46. The lowest BCUT2D eigenvalue weighted by molar-refractivity contribution is -0.142. The van der Waals surface area contributed by atoms with Gasteiger partial charge in [0.05, 0.1) is 17.7 Å². The first-order valence-electron chi connectivity index (χ1n) is 10.8. The fourth-order valence-corrected chi connectivity index (χ4v) is 5.13. The number of aryl methyl sites for hydroxylation is 1. The molecule has 0 unspecified atom stereocenters. The predicted octanol–water partition coefficient (Wildman–Crippen LogP) is 1.64. The van der Waals surface area contributed by atoms with Crippen LogP contribution in [-0.4, -0.2) is 40.2 Å². The molecule has 1 atom stereocenters. The van der Waals surface area contributed by atoms with Crippen LogP contribution >= 0.6 is 11.3 Å². The molecular weight excluding hydrogens is 462 g/mol. The molecule has 2 heterocycles. The summed E-state index contributed by atoms with van der Waals surface area (Å²) in [6, 6.07) is 0. The molecule has 1 amide bonds. The third kappa shape index (κ3) is 5.53. The molecule has 34 heavy (non-hydrogen) atoms. The summed E-state index contributed by atoms with van der Waals surface area (Å²) in [4.78, 5) is 61.9. The molecule has 0 saturated heterocycles. The van der Waals surface area contributed by atoms with E-state index in [2.05, 4.69) is 12.2 Å². The molecule has 1 N–H and O–H groups in total. The van der Waals surface area contributed by atoms with Crippen molar-refractivity contribution in [2.75, 3.05) is 18.5 Å². The number of nitrogens with zero attached hydrogens (tertiary/aromatic N) is 2. The van der Waals surface area contributed by atoms with Crippen LogP contribution in [0.4, 0.5) is 5.00 Å². The van der Waals surface area contributed by atoms with E-state index in [4.69, 9.17) is 9.47 Å². The molecule has 10 nitrogen and oxygen atoms in total. The smallest absolute Gasteiger partial charge is 0.341 e. The Hall–Kier alpha value is -3.47. The highest BCUT2D eigenvalue weighted by Gasteiger charge is 2.29. The lowest BCUT2D eigenvalue weighted by Crippen LogP contribution is -2.37. The quantitative estimate of drug-likeness (QED) is 0.463. The van der Waals surface area contributed by atoms with E-state index in [9.17, 15) is 24.0 Å². The first kappa shape index (κ1) is 25.2. The fourth-order valence-electron chi connectivity index (χ4n) is 3.71. The Bertz CT molecular complexity index is 1270. The number of amides is 1. The summed E-state index contributed by atoms with van der Waals surface area (Å²) < 4.78 is 12.3. The van der Waals surface area contributed by atoms with Crippen LogP contribution < -0.4 is 16.6 Å². The van der Waals surface area contributed by atoms with Gasteiger partial charge >= 0.3 is 17.6 Å². The van der Waals surface area contributed by atoms with Gasteiger partial charge in [0.15, 0.2) is 6.61 Å². The first-order chi connectivity index (χ1) is 16.1. The minimum atomic E-state index is -0.837. The maximum Gasteiger partial charge on any atom is 0.341 e. The lowest BCUT2D eigenvalue weighted by atomic mass is 9.88. The Morgan fingerprint density at radius 2 is 1.97 bits per heavy atom. The highest BCUT2D eigenvalue weighted by Crippen LogP contribution is 2.40. The van der Waals surface area contributed by atoms with Crippen LogP contribution in [-0.2, 0) is 46.0 Å². The van der Waals surface area contributed by atoms with Crippen molar-refractivity contribution in [3.8, 4) is 0 Å². The number of rotatable bonds is 7. The number of fused-ring (bicyclic) bond motifs is 1. The van der Waals surface area contributed by atoms with Crippen LogP contribution in [0, 0.1) is 5.92 Å². The summed E-state index contributed by atoms with van der Waals surface area (Å²) in [7, 11) is 2.81. The zero-order valence-electron chi connectivity index (χ0n) is 19.5. The van der Waals surface area contributed by atoms with Gasteiger partial charge in [0.2, 0.25) is 0 Å². The number of anilines is 1. The second-order valence-electron chi connectivity index (χ2n) is 8.11.